The highest BCUT2D eigenvalue weighted by Crippen LogP contribution is 2.58. The minimum Gasteiger partial charge on any atom is -0.480 e. The first kappa shape index (κ1) is 22.5. The van der Waals surface area contributed by atoms with Gasteiger partial charge in [0.1, 0.15) is 22.6 Å². The summed E-state index contributed by atoms with van der Waals surface area (Å²) < 4.78 is 57.6. The van der Waals surface area contributed by atoms with Gasteiger partial charge in [-0.15, -0.1) is 0 Å². The summed E-state index contributed by atoms with van der Waals surface area (Å²) in [5, 5.41) is 2.63. The van der Waals surface area contributed by atoms with Crippen molar-refractivity contribution in [2.75, 3.05) is 19.0 Å². The number of methoxy groups -OCH3 is 1. The van der Waals surface area contributed by atoms with E-state index in [1.54, 1.807) is 10.5 Å². The third kappa shape index (κ3) is 3.73. The van der Waals surface area contributed by atoms with Crippen LogP contribution in [0.15, 0.2) is 36.8 Å². The minimum absolute atomic E-state index is 0.0575. The summed E-state index contributed by atoms with van der Waals surface area (Å²) in [4.78, 5) is 21.6. The van der Waals surface area contributed by atoms with Crippen molar-refractivity contribution in [2.24, 2.45) is 0 Å². The number of hydrogen-bond donors (Lipinski definition) is 1. The number of alkyl halides is 3. The second-order valence-electron chi connectivity index (χ2n) is 9.13. The van der Waals surface area contributed by atoms with Gasteiger partial charge in [-0.2, -0.15) is 13.2 Å². The molecule has 2 saturated heterocycles. The monoisotopic (exact) mass is 476 g/mol. The number of imidazole rings is 1. The number of amides is 1. The fraction of sp³-hybridized carbons (Fsp3) is 0.435. The number of halogens is 3. The summed E-state index contributed by atoms with van der Waals surface area (Å²) in [5.41, 5.74) is 1.05. The Balaban J connectivity index is 1.52. The van der Waals surface area contributed by atoms with Crippen LogP contribution in [0.3, 0.4) is 0 Å². The Hall–Kier alpha value is -3.34. The van der Waals surface area contributed by atoms with Crippen molar-refractivity contribution in [3.05, 3.63) is 48.0 Å². The zero-order valence-electron chi connectivity index (χ0n) is 18.8. The maximum Gasteiger partial charge on any atom is 0.425 e. The van der Waals surface area contributed by atoms with E-state index in [1.807, 2.05) is 6.20 Å². The Labute approximate surface area is 193 Å². The number of aromatic nitrogens is 3. The molecule has 11 heteroatoms. The van der Waals surface area contributed by atoms with Crippen molar-refractivity contribution in [3.63, 3.8) is 0 Å². The van der Waals surface area contributed by atoms with Crippen molar-refractivity contribution in [1.29, 1.82) is 0 Å². The standard InChI is InChI=1S/C23H23F3N4O4/c1-13(23(24,25)26)34-16-7-18-29-17(22-10-21(2,11-22)33-12-22)9-30(18)8-15(16)28-19(31)14-5-4-6-27-20(14)32-3/h4-9,13H,10-12H2,1-3H3,(H,28,31). The number of fused-ring (bicyclic) bond motifs is 2. The number of nitrogens with zero attached hydrogens (tertiary/aromatic N) is 3. The lowest BCUT2D eigenvalue weighted by Gasteiger charge is -2.41. The van der Waals surface area contributed by atoms with Crippen molar-refractivity contribution in [2.45, 2.75) is 50.0 Å². The zero-order valence-corrected chi connectivity index (χ0v) is 18.8. The molecule has 1 aliphatic carbocycles. The molecule has 5 heterocycles. The quantitative estimate of drug-likeness (QED) is 0.576. The maximum atomic E-state index is 13.2. The summed E-state index contributed by atoms with van der Waals surface area (Å²) in [6.07, 6.45) is -0.230. The SMILES string of the molecule is COc1ncccc1C(=O)Nc1cn2cc(C34COC(C)(C3)C4)nc2cc1OC(C)C(F)(F)F. The number of nitrogens with one attached hydrogen (secondary N) is 1. The van der Waals surface area contributed by atoms with Crippen molar-refractivity contribution >= 4 is 17.2 Å². The van der Waals surface area contributed by atoms with Crippen LogP contribution >= 0.6 is 0 Å². The number of carbonyl (C=O) groups is 1. The molecule has 1 atom stereocenters. The van der Waals surface area contributed by atoms with E-state index in [1.165, 1.54) is 31.6 Å². The smallest absolute Gasteiger partial charge is 0.425 e. The van der Waals surface area contributed by atoms with Gasteiger partial charge < -0.3 is 23.9 Å². The normalized spacial score (nSPS) is 24.5. The second kappa shape index (κ2) is 7.59. The molecular weight excluding hydrogens is 453 g/mol. The number of carbonyl (C=O) groups excluding carboxylic acids is 1. The van der Waals surface area contributed by atoms with Gasteiger partial charge in [0.15, 0.2) is 6.10 Å². The molecule has 180 valence electrons. The minimum atomic E-state index is -4.59. The molecule has 6 rings (SSSR count). The lowest BCUT2D eigenvalue weighted by Crippen LogP contribution is -2.45. The molecule has 3 fully saturated rings. The van der Waals surface area contributed by atoms with Crippen LogP contribution in [0.2, 0.25) is 0 Å². The van der Waals surface area contributed by atoms with Crippen LogP contribution in [0.4, 0.5) is 18.9 Å². The van der Waals surface area contributed by atoms with Gasteiger partial charge in [-0.1, -0.05) is 0 Å². The molecule has 2 bridgehead atoms. The van der Waals surface area contributed by atoms with Crippen LogP contribution in [0.1, 0.15) is 42.7 Å². The van der Waals surface area contributed by atoms with Gasteiger partial charge >= 0.3 is 6.18 Å². The predicted molar refractivity (Wildman–Crippen MR) is 115 cm³/mol. The Kier molecular flexibility index (Phi) is 5.01. The van der Waals surface area contributed by atoms with Crippen LogP contribution in [0.25, 0.3) is 5.65 Å². The van der Waals surface area contributed by atoms with Crippen LogP contribution < -0.4 is 14.8 Å². The van der Waals surface area contributed by atoms with Gasteiger partial charge in [0.05, 0.1) is 25.0 Å². The fourth-order valence-corrected chi connectivity index (χ4v) is 4.79. The number of hydrogen-bond acceptors (Lipinski definition) is 6. The molecule has 0 aromatic carbocycles. The van der Waals surface area contributed by atoms with Gasteiger partial charge in [0.25, 0.3) is 5.91 Å². The predicted octanol–water partition coefficient (Wildman–Crippen LogP) is 4.14. The molecule has 2 aliphatic heterocycles. The first-order chi connectivity index (χ1) is 16.0. The Bertz CT molecular complexity index is 1270. The number of anilines is 1. The number of ether oxygens (including phenoxy) is 3. The van der Waals surface area contributed by atoms with E-state index < -0.39 is 18.2 Å². The molecule has 0 spiro atoms. The third-order valence-corrected chi connectivity index (χ3v) is 6.44. The van der Waals surface area contributed by atoms with E-state index in [0.717, 1.165) is 25.5 Å². The molecule has 0 radical (unpaired) electrons. The van der Waals surface area contributed by atoms with Crippen LogP contribution in [0.5, 0.6) is 11.6 Å². The van der Waals surface area contributed by atoms with Gasteiger partial charge in [0, 0.05) is 30.1 Å². The first-order valence-electron chi connectivity index (χ1n) is 10.7. The van der Waals surface area contributed by atoms with E-state index in [2.05, 4.69) is 22.2 Å². The summed E-state index contributed by atoms with van der Waals surface area (Å²) in [6.45, 7) is 3.51. The highest BCUT2D eigenvalue weighted by molar-refractivity contribution is 6.06. The van der Waals surface area contributed by atoms with Crippen LogP contribution in [-0.2, 0) is 10.2 Å². The number of rotatable bonds is 6. The molecule has 34 heavy (non-hydrogen) atoms. The van der Waals surface area contributed by atoms with Crippen molar-refractivity contribution < 1.29 is 32.2 Å². The summed E-state index contributed by atoms with van der Waals surface area (Å²) in [7, 11) is 1.37. The maximum absolute atomic E-state index is 13.2. The van der Waals surface area contributed by atoms with E-state index in [0.29, 0.717) is 12.3 Å². The molecule has 1 saturated carbocycles. The highest BCUT2D eigenvalue weighted by atomic mass is 19.4. The largest absolute Gasteiger partial charge is 0.480 e. The van der Waals surface area contributed by atoms with E-state index in [9.17, 15) is 18.0 Å². The van der Waals surface area contributed by atoms with E-state index in [4.69, 9.17) is 14.2 Å². The van der Waals surface area contributed by atoms with Gasteiger partial charge in [-0.3, -0.25) is 4.79 Å². The molecule has 3 aromatic heterocycles. The molecule has 8 nitrogen and oxygen atoms in total. The van der Waals surface area contributed by atoms with Crippen molar-refractivity contribution in [3.8, 4) is 11.6 Å². The summed E-state index contributed by atoms with van der Waals surface area (Å²) in [5.74, 6) is -0.665. The average molecular weight is 476 g/mol. The van der Waals surface area contributed by atoms with E-state index in [-0.39, 0.29) is 33.9 Å². The molecular formula is C23H23F3N4O4. The second-order valence-corrected chi connectivity index (χ2v) is 9.13. The van der Waals surface area contributed by atoms with Crippen LogP contribution in [0, 0.1) is 0 Å². The van der Waals surface area contributed by atoms with Gasteiger partial charge in [0.2, 0.25) is 5.88 Å². The summed E-state index contributed by atoms with van der Waals surface area (Å²) in [6, 6.07) is 4.45. The molecule has 1 amide bonds. The Morgan fingerprint density at radius 2 is 2.09 bits per heavy atom. The number of pyridine rings is 2. The van der Waals surface area contributed by atoms with Crippen LogP contribution in [-0.4, -0.2) is 51.9 Å². The molecule has 1 N–H and O–H groups in total. The molecule has 3 aliphatic rings. The Morgan fingerprint density at radius 1 is 1.32 bits per heavy atom. The topological polar surface area (TPSA) is 87.0 Å². The molecule has 1 unspecified atom stereocenters. The van der Waals surface area contributed by atoms with E-state index >= 15 is 0 Å². The molecule has 3 aromatic rings. The lowest BCUT2D eigenvalue weighted by molar-refractivity contribution is -0.189. The lowest BCUT2D eigenvalue weighted by atomic mass is 9.62. The summed E-state index contributed by atoms with van der Waals surface area (Å²) >= 11 is 0. The highest BCUT2D eigenvalue weighted by Gasteiger charge is 2.61. The fourth-order valence-electron chi connectivity index (χ4n) is 4.79. The third-order valence-electron chi connectivity index (χ3n) is 6.44. The Morgan fingerprint density at radius 3 is 2.74 bits per heavy atom. The van der Waals surface area contributed by atoms with Crippen molar-refractivity contribution in [1.82, 2.24) is 14.4 Å². The zero-order chi connectivity index (χ0) is 24.3. The average Bonchev–Trinajstić information content (AvgIpc) is 3.43. The van der Waals surface area contributed by atoms with Gasteiger partial charge in [-0.25, -0.2) is 9.97 Å². The van der Waals surface area contributed by atoms with Gasteiger partial charge in [-0.05, 0) is 38.8 Å². The first-order valence-corrected chi connectivity index (χ1v) is 10.7.